The first-order valence-electron chi connectivity index (χ1n) is 5.73. The largest absolute Gasteiger partial charge is 0.483 e. The number of benzene rings is 2. The van der Waals surface area contributed by atoms with Gasteiger partial charge in [-0.2, -0.15) is 0 Å². The molecule has 1 unspecified atom stereocenters. The molecule has 2 aromatic rings. The molecule has 1 aliphatic rings. The van der Waals surface area contributed by atoms with E-state index in [9.17, 15) is 0 Å². The Morgan fingerprint density at radius 3 is 2.65 bits per heavy atom. The minimum atomic E-state index is 0.0603. The zero-order chi connectivity index (χ0) is 11.7. The van der Waals surface area contributed by atoms with Crippen LogP contribution in [-0.4, -0.2) is 12.3 Å². The Hall–Kier alpha value is -2.09. The quantitative estimate of drug-likeness (QED) is 0.719. The molecule has 1 aliphatic heterocycles. The smallest absolute Gasteiger partial charge is 0.145 e. The third-order valence-corrected chi connectivity index (χ3v) is 2.80. The fraction of sp³-hybridized carbons (Fsp3) is 0.133. The third kappa shape index (κ3) is 1.94. The molecular weight excluding hydrogens is 210 g/mol. The number of nitrogens with zero attached hydrogens (tertiary/aromatic N) is 1. The van der Waals surface area contributed by atoms with Crippen LogP contribution in [-0.2, 0) is 0 Å². The van der Waals surface area contributed by atoms with Gasteiger partial charge < -0.3 is 4.74 Å². The molecule has 0 N–H and O–H groups in total. The molecule has 0 amide bonds. The van der Waals surface area contributed by atoms with E-state index in [-0.39, 0.29) is 6.10 Å². The summed E-state index contributed by atoms with van der Waals surface area (Å²) >= 11 is 0. The highest BCUT2D eigenvalue weighted by atomic mass is 16.5. The van der Waals surface area contributed by atoms with Gasteiger partial charge in [-0.3, -0.25) is 4.99 Å². The van der Waals surface area contributed by atoms with E-state index in [1.165, 1.54) is 11.1 Å². The van der Waals surface area contributed by atoms with Crippen LogP contribution >= 0.6 is 0 Å². The van der Waals surface area contributed by atoms with Crippen LogP contribution in [0.25, 0.3) is 11.1 Å². The summed E-state index contributed by atoms with van der Waals surface area (Å²) in [6.07, 6.45) is 1.89. The number of ether oxygens (including phenoxy) is 1. The topological polar surface area (TPSA) is 21.6 Å². The summed E-state index contributed by atoms with van der Waals surface area (Å²) in [6.45, 7) is 1.98. The highest BCUT2D eigenvalue weighted by Gasteiger charge is 2.12. The first kappa shape index (κ1) is 10.1. The van der Waals surface area contributed by atoms with Gasteiger partial charge in [0.2, 0.25) is 0 Å². The fourth-order valence-electron chi connectivity index (χ4n) is 1.94. The summed E-state index contributed by atoms with van der Waals surface area (Å²) in [5.41, 5.74) is 3.27. The Morgan fingerprint density at radius 1 is 1.00 bits per heavy atom. The van der Waals surface area contributed by atoms with Crippen LogP contribution in [0.2, 0.25) is 0 Å². The maximum absolute atomic E-state index is 5.67. The van der Waals surface area contributed by atoms with Gasteiger partial charge in [-0.15, -0.1) is 0 Å². The van der Waals surface area contributed by atoms with Gasteiger partial charge in [0.05, 0.1) is 0 Å². The summed E-state index contributed by atoms with van der Waals surface area (Å²) < 4.78 is 5.67. The number of fused-ring (bicyclic) bond motifs is 1. The van der Waals surface area contributed by atoms with Crippen molar-refractivity contribution >= 4 is 11.9 Å². The lowest BCUT2D eigenvalue weighted by atomic mass is 10.0. The van der Waals surface area contributed by atoms with Crippen LogP contribution in [0.15, 0.2) is 53.5 Å². The third-order valence-electron chi connectivity index (χ3n) is 2.80. The number of hydrogen-bond acceptors (Lipinski definition) is 2. The maximum Gasteiger partial charge on any atom is 0.145 e. The molecule has 0 saturated carbocycles. The van der Waals surface area contributed by atoms with E-state index in [1.54, 1.807) is 0 Å². The lowest BCUT2D eigenvalue weighted by Gasteiger charge is -2.17. The lowest BCUT2D eigenvalue weighted by molar-refractivity contribution is 0.288. The van der Waals surface area contributed by atoms with E-state index in [4.69, 9.17) is 4.74 Å². The number of rotatable bonds is 1. The second kappa shape index (κ2) is 4.06. The summed E-state index contributed by atoms with van der Waals surface area (Å²) in [5, 5.41) is 0. The van der Waals surface area contributed by atoms with Crippen LogP contribution in [0.4, 0.5) is 5.69 Å². The average Bonchev–Trinajstić information content (AvgIpc) is 2.39. The zero-order valence-electron chi connectivity index (χ0n) is 9.63. The minimum Gasteiger partial charge on any atom is -0.483 e. The number of aliphatic imine (C=N–C) groups is 1. The maximum atomic E-state index is 5.67. The SMILES string of the molecule is CC1C=Nc2cc(-c3ccccc3)ccc2O1. The van der Waals surface area contributed by atoms with Crippen molar-refractivity contribution in [3.63, 3.8) is 0 Å². The zero-order valence-corrected chi connectivity index (χ0v) is 9.63. The van der Waals surface area contributed by atoms with Crippen molar-refractivity contribution in [2.24, 2.45) is 4.99 Å². The van der Waals surface area contributed by atoms with Gasteiger partial charge in [0.15, 0.2) is 0 Å². The summed E-state index contributed by atoms with van der Waals surface area (Å²) in [6, 6.07) is 16.4. The van der Waals surface area contributed by atoms with Crippen LogP contribution in [0.3, 0.4) is 0 Å². The molecule has 0 saturated heterocycles. The van der Waals surface area contributed by atoms with Crippen LogP contribution < -0.4 is 4.74 Å². The fourth-order valence-corrected chi connectivity index (χ4v) is 1.94. The molecule has 17 heavy (non-hydrogen) atoms. The highest BCUT2D eigenvalue weighted by molar-refractivity contribution is 5.77. The predicted molar refractivity (Wildman–Crippen MR) is 70.1 cm³/mol. The predicted octanol–water partition coefficient (Wildman–Crippen LogP) is 3.84. The van der Waals surface area contributed by atoms with E-state index in [0.29, 0.717) is 0 Å². The van der Waals surface area contributed by atoms with E-state index < -0.39 is 0 Å². The Balaban J connectivity index is 2.04. The molecule has 2 aromatic carbocycles. The normalized spacial score (nSPS) is 17.4. The Kier molecular flexibility index (Phi) is 2.41. The van der Waals surface area contributed by atoms with Gasteiger partial charge in [-0.05, 0) is 30.2 Å². The monoisotopic (exact) mass is 223 g/mol. The number of hydrogen-bond donors (Lipinski definition) is 0. The molecule has 0 bridgehead atoms. The Bertz CT molecular complexity index is 560. The summed E-state index contributed by atoms with van der Waals surface area (Å²) in [4.78, 5) is 4.41. The van der Waals surface area contributed by atoms with Gasteiger partial charge in [0, 0.05) is 6.21 Å². The molecule has 0 fully saturated rings. The standard InChI is InChI=1S/C15H13NO/c1-11-10-16-14-9-13(7-8-15(14)17-11)12-5-3-2-4-6-12/h2-11H,1H3. The molecule has 0 spiro atoms. The van der Waals surface area contributed by atoms with Crippen molar-refractivity contribution in [2.45, 2.75) is 13.0 Å². The molecular formula is C15H13NO. The van der Waals surface area contributed by atoms with E-state index in [1.807, 2.05) is 37.4 Å². The van der Waals surface area contributed by atoms with Crippen LogP contribution in [0, 0.1) is 0 Å². The molecule has 0 radical (unpaired) electrons. The summed E-state index contributed by atoms with van der Waals surface area (Å²) in [7, 11) is 0. The molecule has 3 rings (SSSR count). The lowest BCUT2D eigenvalue weighted by Crippen LogP contribution is -2.15. The highest BCUT2D eigenvalue weighted by Crippen LogP contribution is 2.35. The van der Waals surface area contributed by atoms with Crippen molar-refractivity contribution in [2.75, 3.05) is 0 Å². The second-order valence-corrected chi connectivity index (χ2v) is 4.15. The minimum absolute atomic E-state index is 0.0603. The molecule has 1 heterocycles. The van der Waals surface area contributed by atoms with Crippen LogP contribution in [0.1, 0.15) is 6.92 Å². The molecule has 2 heteroatoms. The van der Waals surface area contributed by atoms with Crippen molar-refractivity contribution in [3.8, 4) is 16.9 Å². The Morgan fingerprint density at radius 2 is 1.82 bits per heavy atom. The van der Waals surface area contributed by atoms with Crippen molar-refractivity contribution < 1.29 is 4.74 Å². The first-order valence-corrected chi connectivity index (χ1v) is 5.73. The van der Waals surface area contributed by atoms with Crippen molar-refractivity contribution in [1.82, 2.24) is 0 Å². The molecule has 0 aliphatic carbocycles. The summed E-state index contributed by atoms with van der Waals surface area (Å²) in [5.74, 6) is 0.861. The van der Waals surface area contributed by atoms with Gasteiger partial charge in [0.1, 0.15) is 17.5 Å². The van der Waals surface area contributed by atoms with E-state index in [2.05, 4.69) is 29.3 Å². The van der Waals surface area contributed by atoms with Crippen molar-refractivity contribution in [3.05, 3.63) is 48.5 Å². The van der Waals surface area contributed by atoms with Crippen LogP contribution in [0.5, 0.6) is 5.75 Å². The van der Waals surface area contributed by atoms with E-state index in [0.717, 1.165) is 11.4 Å². The molecule has 0 aromatic heterocycles. The van der Waals surface area contributed by atoms with E-state index >= 15 is 0 Å². The second-order valence-electron chi connectivity index (χ2n) is 4.15. The van der Waals surface area contributed by atoms with Gasteiger partial charge in [-0.25, -0.2) is 0 Å². The Labute approximate surface area is 101 Å². The first-order chi connectivity index (χ1) is 8.33. The van der Waals surface area contributed by atoms with Crippen molar-refractivity contribution in [1.29, 1.82) is 0 Å². The molecule has 84 valence electrons. The van der Waals surface area contributed by atoms with Gasteiger partial charge in [0.25, 0.3) is 0 Å². The molecule has 2 nitrogen and oxygen atoms in total. The van der Waals surface area contributed by atoms with Gasteiger partial charge in [-0.1, -0.05) is 36.4 Å². The average molecular weight is 223 g/mol. The molecule has 1 atom stereocenters. The van der Waals surface area contributed by atoms with Gasteiger partial charge >= 0.3 is 0 Å².